The van der Waals surface area contributed by atoms with Crippen molar-refractivity contribution in [1.82, 2.24) is 0 Å². The maximum atomic E-state index is 11.0. The van der Waals surface area contributed by atoms with Gasteiger partial charge in [0.1, 0.15) is 0 Å². The number of aromatic carboxylic acids is 1. The van der Waals surface area contributed by atoms with Crippen LogP contribution in [0.5, 0.6) is 0 Å². The van der Waals surface area contributed by atoms with Crippen LogP contribution in [-0.4, -0.2) is 17.6 Å². The van der Waals surface area contributed by atoms with E-state index in [1.807, 2.05) is 6.07 Å². The minimum Gasteiger partial charge on any atom is -0.478 e. The fourth-order valence-electron chi connectivity index (χ4n) is 2.62. The van der Waals surface area contributed by atoms with Crippen molar-refractivity contribution in [1.29, 1.82) is 0 Å². The highest BCUT2D eigenvalue weighted by Crippen LogP contribution is 2.30. The summed E-state index contributed by atoms with van der Waals surface area (Å²) < 4.78 is 0. The number of nitrogens with two attached hydrogens (primary N) is 1. The SMILES string of the molecule is CC1CCC(CNc2ccc(N)c(C(=O)O)c2)C1. The van der Waals surface area contributed by atoms with E-state index < -0.39 is 5.97 Å². The largest absolute Gasteiger partial charge is 0.478 e. The first-order valence-corrected chi connectivity index (χ1v) is 6.43. The normalized spacial score (nSPS) is 22.9. The minimum atomic E-state index is -0.981. The van der Waals surface area contributed by atoms with Gasteiger partial charge in [0.25, 0.3) is 0 Å². The third-order valence-electron chi connectivity index (χ3n) is 3.68. The molecule has 98 valence electrons. The van der Waals surface area contributed by atoms with Crippen LogP contribution in [0.15, 0.2) is 18.2 Å². The van der Waals surface area contributed by atoms with Gasteiger partial charge >= 0.3 is 5.97 Å². The van der Waals surface area contributed by atoms with Crippen molar-refractivity contribution in [2.45, 2.75) is 26.2 Å². The Morgan fingerprint density at radius 1 is 1.50 bits per heavy atom. The van der Waals surface area contributed by atoms with Gasteiger partial charge in [-0.25, -0.2) is 4.79 Å². The summed E-state index contributed by atoms with van der Waals surface area (Å²) in [7, 11) is 0. The van der Waals surface area contributed by atoms with E-state index in [9.17, 15) is 4.79 Å². The smallest absolute Gasteiger partial charge is 0.337 e. The molecule has 0 heterocycles. The Hall–Kier alpha value is -1.71. The van der Waals surface area contributed by atoms with Crippen molar-refractivity contribution < 1.29 is 9.90 Å². The van der Waals surface area contributed by atoms with Gasteiger partial charge in [-0.1, -0.05) is 13.3 Å². The van der Waals surface area contributed by atoms with Crippen molar-refractivity contribution in [3.05, 3.63) is 23.8 Å². The lowest BCUT2D eigenvalue weighted by Gasteiger charge is -2.13. The molecule has 0 aliphatic heterocycles. The Balaban J connectivity index is 1.97. The highest BCUT2D eigenvalue weighted by atomic mass is 16.4. The summed E-state index contributed by atoms with van der Waals surface area (Å²) in [6, 6.07) is 5.08. The predicted molar refractivity (Wildman–Crippen MR) is 72.8 cm³/mol. The van der Waals surface area contributed by atoms with Crippen molar-refractivity contribution in [2.75, 3.05) is 17.6 Å². The molecule has 4 N–H and O–H groups in total. The molecule has 2 atom stereocenters. The highest BCUT2D eigenvalue weighted by Gasteiger charge is 2.20. The van der Waals surface area contributed by atoms with E-state index in [2.05, 4.69) is 12.2 Å². The van der Waals surface area contributed by atoms with Gasteiger partial charge in [-0.15, -0.1) is 0 Å². The number of benzene rings is 1. The molecule has 1 aromatic rings. The van der Waals surface area contributed by atoms with Gasteiger partial charge in [0, 0.05) is 17.9 Å². The fourth-order valence-corrected chi connectivity index (χ4v) is 2.62. The zero-order valence-corrected chi connectivity index (χ0v) is 10.6. The molecule has 1 aromatic carbocycles. The molecule has 4 heteroatoms. The van der Waals surface area contributed by atoms with Gasteiger partial charge in [-0.05, 0) is 42.9 Å². The first kappa shape index (κ1) is 12.7. The molecule has 0 amide bonds. The van der Waals surface area contributed by atoms with E-state index >= 15 is 0 Å². The van der Waals surface area contributed by atoms with Crippen LogP contribution in [0.2, 0.25) is 0 Å². The molecule has 1 saturated carbocycles. The average Bonchev–Trinajstić information content (AvgIpc) is 2.74. The van der Waals surface area contributed by atoms with E-state index in [1.165, 1.54) is 19.3 Å². The quantitative estimate of drug-likeness (QED) is 0.716. The van der Waals surface area contributed by atoms with Crippen LogP contribution in [-0.2, 0) is 0 Å². The number of carboxylic acid groups (broad SMARTS) is 1. The lowest BCUT2D eigenvalue weighted by molar-refractivity contribution is 0.0698. The van der Waals surface area contributed by atoms with Crippen LogP contribution < -0.4 is 11.1 Å². The van der Waals surface area contributed by atoms with Crippen LogP contribution in [0.4, 0.5) is 11.4 Å². The van der Waals surface area contributed by atoms with E-state index in [0.717, 1.165) is 18.2 Å². The van der Waals surface area contributed by atoms with E-state index in [4.69, 9.17) is 10.8 Å². The molecule has 1 fully saturated rings. The number of hydrogen-bond acceptors (Lipinski definition) is 3. The van der Waals surface area contributed by atoms with Crippen molar-refractivity contribution >= 4 is 17.3 Å². The molecule has 18 heavy (non-hydrogen) atoms. The number of nitrogen functional groups attached to an aromatic ring is 1. The van der Waals surface area contributed by atoms with Gasteiger partial charge in [-0.3, -0.25) is 0 Å². The minimum absolute atomic E-state index is 0.166. The van der Waals surface area contributed by atoms with Crippen LogP contribution in [0.3, 0.4) is 0 Å². The van der Waals surface area contributed by atoms with Crippen LogP contribution >= 0.6 is 0 Å². The van der Waals surface area contributed by atoms with Gasteiger partial charge in [-0.2, -0.15) is 0 Å². The topological polar surface area (TPSA) is 75.3 Å². The molecule has 0 aromatic heterocycles. The molecule has 2 unspecified atom stereocenters. The molecular formula is C14H20N2O2. The second kappa shape index (κ2) is 5.29. The summed E-state index contributed by atoms with van der Waals surface area (Å²) >= 11 is 0. The fraction of sp³-hybridized carbons (Fsp3) is 0.500. The average molecular weight is 248 g/mol. The molecule has 0 saturated heterocycles. The Morgan fingerprint density at radius 2 is 2.28 bits per heavy atom. The van der Waals surface area contributed by atoms with E-state index in [1.54, 1.807) is 12.1 Å². The van der Waals surface area contributed by atoms with Crippen LogP contribution in [0.1, 0.15) is 36.5 Å². The van der Waals surface area contributed by atoms with Crippen LogP contribution in [0.25, 0.3) is 0 Å². The monoisotopic (exact) mass is 248 g/mol. The number of nitrogens with one attached hydrogen (secondary N) is 1. The summed E-state index contributed by atoms with van der Waals surface area (Å²) in [5.74, 6) is 0.536. The maximum Gasteiger partial charge on any atom is 0.337 e. The molecule has 1 aliphatic carbocycles. The lowest BCUT2D eigenvalue weighted by atomic mass is 10.1. The molecule has 0 radical (unpaired) electrons. The summed E-state index contributed by atoms with van der Waals surface area (Å²) in [6.07, 6.45) is 3.82. The van der Waals surface area contributed by atoms with E-state index in [-0.39, 0.29) is 5.56 Å². The Labute approximate surface area is 107 Å². The van der Waals surface area contributed by atoms with Gasteiger partial charge < -0.3 is 16.2 Å². The third-order valence-corrected chi connectivity index (χ3v) is 3.68. The molecule has 4 nitrogen and oxygen atoms in total. The summed E-state index contributed by atoms with van der Waals surface area (Å²) in [5.41, 5.74) is 6.93. The van der Waals surface area contributed by atoms with Gasteiger partial charge in [0.15, 0.2) is 0 Å². The molecule has 2 rings (SSSR count). The first-order valence-electron chi connectivity index (χ1n) is 6.43. The first-order chi connectivity index (χ1) is 8.56. The molecular weight excluding hydrogens is 228 g/mol. The Kier molecular flexibility index (Phi) is 3.75. The van der Waals surface area contributed by atoms with Gasteiger partial charge in [0.05, 0.1) is 5.56 Å². The molecule has 0 bridgehead atoms. The summed E-state index contributed by atoms with van der Waals surface area (Å²) in [5, 5.41) is 12.3. The van der Waals surface area contributed by atoms with Crippen molar-refractivity contribution in [2.24, 2.45) is 11.8 Å². The van der Waals surface area contributed by atoms with Crippen molar-refractivity contribution in [3.8, 4) is 0 Å². The van der Waals surface area contributed by atoms with Crippen LogP contribution in [0, 0.1) is 11.8 Å². The zero-order chi connectivity index (χ0) is 13.1. The third kappa shape index (κ3) is 2.94. The Bertz CT molecular complexity index is 445. The number of anilines is 2. The van der Waals surface area contributed by atoms with Crippen molar-refractivity contribution in [3.63, 3.8) is 0 Å². The predicted octanol–water partition coefficient (Wildman–Crippen LogP) is 2.82. The standard InChI is InChI=1S/C14H20N2O2/c1-9-2-3-10(6-9)8-16-11-4-5-13(15)12(7-11)14(17)18/h4-5,7,9-10,16H,2-3,6,8,15H2,1H3,(H,17,18). The van der Waals surface area contributed by atoms with Gasteiger partial charge in [0.2, 0.25) is 0 Å². The zero-order valence-electron chi connectivity index (χ0n) is 10.6. The number of hydrogen-bond donors (Lipinski definition) is 3. The number of carbonyl (C=O) groups is 1. The summed E-state index contributed by atoms with van der Waals surface area (Å²) in [4.78, 5) is 11.0. The Morgan fingerprint density at radius 3 is 2.89 bits per heavy atom. The second-order valence-corrected chi connectivity index (χ2v) is 5.27. The highest BCUT2D eigenvalue weighted by molar-refractivity contribution is 5.94. The molecule has 0 spiro atoms. The number of carboxylic acids is 1. The molecule has 1 aliphatic rings. The summed E-state index contributed by atoms with van der Waals surface area (Å²) in [6.45, 7) is 3.19. The van der Waals surface area contributed by atoms with E-state index in [0.29, 0.717) is 11.6 Å². The number of rotatable bonds is 4. The maximum absolute atomic E-state index is 11.0. The lowest BCUT2D eigenvalue weighted by Crippen LogP contribution is -2.12. The second-order valence-electron chi connectivity index (χ2n) is 5.27.